The molecule has 0 bridgehead atoms. The molecule has 0 heterocycles. The van der Waals surface area contributed by atoms with E-state index in [-0.39, 0.29) is 18.6 Å². The van der Waals surface area contributed by atoms with E-state index in [0.717, 1.165) is 17.7 Å². The van der Waals surface area contributed by atoms with Crippen molar-refractivity contribution in [1.82, 2.24) is 5.32 Å². The van der Waals surface area contributed by atoms with Crippen LogP contribution in [0.1, 0.15) is 29.6 Å². The van der Waals surface area contributed by atoms with Gasteiger partial charge in [0.25, 0.3) is 5.91 Å². The quantitative estimate of drug-likeness (QED) is 0.794. The average molecular weight is 300 g/mol. The zero-order chi connectivity index (χ0) is 13.8. The molecule has 1 unspecified atom stereocenters. The van der Waals surface area contributed by atoms with Gasteiger partial charge in [0, 0.05) is 17.5 Å². The summed E-state index contributed by atoms with van der Waals surface area (Å²) in [5, 5.41) is 12.5. The molecule has 2 N–H and O–H groups in total. The monoisotopic (exact) mass is 299 g/mol. The molecule has 0 aromatic heterocycles. The second kappa shape index (κ2) is 6.64. The van der Waals surface area contributed by atoms with Gasteiger partial charge < -0.3 is 10.4 Å². The molecule has 19 heavy (non-hydrogen) atoms. The van der Waals surface area contributed by atoms with E-state index in [0.29, 0.717) is 22.9 Å². The van der Waals surface area contributed by atoms with Crippen LogP contribution in [0.5, 0.6) is 0 Å². The zero-order valence-corrected chi connectivity index (χ0v) is 12.4. The van der Waals surface area contributed by atoms with Crippen molar-refractivity contribution in [2.24, 2.45) is 5.92 Å². The lowest BCUT2D eigenvalue weighted by Gasteiger charge is -2.17. The van der Waals surface area contributed by atoms with Crippen LogP contribution in [0.2, 0.25) is 5.02 Å². The van der Waals surface area contributed by atoms with Gasteiger partial charge in [-0.15, -0.1) is 11.8 Å². The number of rotatable bonds is 6. The minimum atomic E-state index is -0.147. The Bertz CT molecular complexity index is 463. The van der Waals surface area contributed by atoms with Gasteiger partial charge >= 0.3 is 0 Å². The van der Waals surface area contributed by atoms with Gasteiger partial charge in [0.1, 0.15) is 0 Å². The summed E-state index contributed by atoms with van der Waals surface area (Å²) in [5.41, 5.74) is 0.511. The number of thioether (sulfide) groups is 1. The zero-order valence-electron chi connectivity index (χ0n) is 10.9. The molecule has 1 aliphatic carbocycles. The molecule has 1 saturated carbocycles. The van der Waals surface area contributed by atoms with Crippen molar-refractivity contribution in [3.63, 3.8) is 0 Å². The van der Waals surface area contributed by atoms with E-state index in [1.807, 2.05) is 18.4 Å². The van der Waals surface area contributed by atoms with Crippen LogP contribution in [-0.2, 0) is 0 Å². The van der Waals surface area contributed by atoms with Crippen LogP contribution in [-0.4, -0.2) is 29.9 Å². The van der Waals surface area contributed by atoms with Crippen molar-refractivity contribution >= 4 is 29.3 Å². The highest BCUT2D eigenvalue weighted by atomic mass is 35.5. The summed E-state index contributed by atoms with van der Waals surface area (Å²) in [6.07, 6.45) is 4.83. The highest BCUT2D eigenvalue weighted by molar-refractivity contribution is 7.98. The number of hydrogen-bond acceptors (Lipinski definition) is 3. The van der Waals surface area contributed by atoms with Crippen LogP contribution in [0, 0.1) is 5.92 Å². The van der Waals surface area contributed by atoms with Gasteiger partial charge in [0.05, 0.1) is 10.6 Å². The summed E-state index contributed by atoms with van der Waals surface area (Å²) in [4.78, 5) is 13.3. The van der Waals surface area contributed by atoms with Gasteiger partial charge in [0.15, 0.2) is 0 Å². The Balaban J connectivity index is 2.09. The molecule has 0 spiro atoms. The lowest BCUT2D eigenvalue weighted by atomic mass is 10.1. The Morgan fingerprint density at radius 3 is 2.89 bits per heavy atom. The van der Waals surface area contributed by atoms with Crippen LogP contribution in [0.3, 0.4) is 0 Å². The lowest BCUT2D eigenvalue weighted by molar-refractivity contribution is 0.0924. The number of amides is 1. The molecule has 0 saturated heterocycles. The molecular formula is C14H18ClNO2S. The van der Waals surface area contributed by atoms with Crippen LogP contribution in [0.25, 0.3) is 0 Å². The van der Waals surface area contributed by atoms with Crippen LogP contribution in [0.4, 0.5) is 0 Å². The first kappa shape index (κ1) is 14.7. The van der Waals surface area contributed by atoms with Gasteiger partial charge in [-0.25, -0.2) is 0 Å². The summed E-state index contributed by atoms with van der Waals surface area (Å²) in [6, 6.07) is 5.52. The van der Waals surface area contributed by atoms with Gasteiger partial charge in [-0.1, -0.05) is 11.6 Å². The van der Waals surface area contributed by atoms with E-state index in [1.165, 1.54) is 0 Å². The maximum atomic E-state index is 12.3. The van der Waals surface area contributed by atoms with Gasteiger partial charge in [0.2, 0.25) is 0 Å². The van der Waals surface area contributed by atoms with Crippen LogP contribution >= 0.6 is 23.4 Å². The number of carbonyl (C=O) groups excluding carboxylic acids is 1. The summed E-state index contributed by atoms with van der Waals surface area (Å²) >= 11 is 7.66. The Labute approximate surface area is 122 Å². The Morgan fingerprint density at radius 1 is 1.58 bits per heavy atom. The molecule has 2 rings (SSSR count). The van der Waals surface area contributed by atoms with Gasteiger partial charge in [-0.3, -0.25) is 4.79 Å². The fourth-order valence-electron chi connectivity index (χ4n) is 2.11. The summed E-state index contributed by atoms with van der Waals surface area (Å²) < 4.78 is 0. The maximum Gasteiger partial charge on any atom is 0.253 e. The highest BCUT2D eigenvalue weighted by Crippen LogP contribution is 2.34. The number of carbonyl (C=O) groups is 1. The van der Waals surface area contributed by atoms with Crippen LogP contribution < -0.4 is 5.32 Å². The van der Waals surface area contributed by atoms with Crippen molar-refractivity contribution in [3.8, 4) is 0 Å². The van der Waals surface area contributed by atoms with E-state index >= 15 is 0 Å². The van der Waals surface area contributed by atoms with E-state index in [9.17, 15) is 4.79 Å². The number of aliphatic hydroxyl groups is 1. The van der Waals surface area contributed by atoms with Gasteiger partial charge in [-0.2, -0.15) is 0 Å². The smallest absolute Gasteiger partial charge is 0.253 e. The second-order valence-corrected chi connectivity index (χ2v) is 6.06. The van der Waals surface area contributed by atoms with Crippen molar-refractivity contribution < 1.29 is 9.90 Å². The van der Waals surface area contributed by atoms with Crippen molar-refractivity contribution in [2.75, 3.05) is 12.9 Å². The minimum absolute atomic E-state index is 0.0616. The van der Waals surface area contributed by atoms with Crippen molar-refractivity contribution in [3.05, 3.63) is 28.8 Å². The first-order valence-electron chi connectivity index (χ1n) is 6.41. The third kappa shape index (κ3) is 3.88. The SMILES string of the molecule is CSc1ccc(Cl)c(C(=O)NC(CCO)C2CC2)c1. The Hall–Kier alpha value is -0.710. The third-order valence-electron chi connectivity index (χ3n) is 3.37. The van der Waals surface area contributed by atoms with E-state index in [2.05, 4.69) is 5.32 Å². The molecule has 1 fully saturated rings. The number of hydrogen-bond donors (Lipinski definition) is 2. The van der Waals surface area contributed by atoms with Crippen LogP contribution in [0.15, 0.2) is 23.1 Å². The molecule has 1 aromatic carbocycles. The number of benzene rings is 1. The average Bonchev–Trinajstić information content (AvgIpc) is 3.23. The Morgan fingerprint density at radius 2 is 2.32 bits per heavy atom. The van der Waals surface area contributed by atoms with E-state index in [4.69, 9.17) is 16.7 Å². The molecular weight excluding hydrogens is 282 g/mol. The third-order valence-corrected chi connectivity index (χ3v) is 4.42. The fraction of sp³-hybridized carbons (Fsp3) is 0.500. The minimum Gasteiger partial charge on any atom is -0.396 e. The van der Waals surface area contributed by atoms with Gasteiger partial charge in [-0.05, 0) is 49.6 Å². The molecule has 1 aliphatic rings. The molecule has 0 aliphatic heterocycles. The number of halogens is 1. The molecule has 1 atom stereocenters. The van der Waals surface area contributed by atoms with Crippen molar-refractivity contribution in [1.29, 1.82) is 0 Å². The first-order chi connectivity index (χ1) is 9.15. The second-order valence-electron chi connectivity index (χ2n) is 4.78. The summed E-state index contributed by atoms with van der Waals surface area (Å²) in [5.74, 6) is 0.366. The topological polar surface area (TPSA) is 49.3 Å². The first-order valence-corrected chi connectivity index (χ1v) is 8.01. The van der Waals surface area contributed by atoms with E-state index in [1.54, 1.807) is 17.8 Å². The highest BCUT2D eigenvalue weighted by Gasteiger charge is 2.32. The number of aliphatic hydroxyl groups excluding tert-OH is 1. The number of nitrogens with one attached hydrogen (secondary N) is 1. The predicted octanol–water partition coefficient (Wildman–Crippen LogP) is 2.95. The fourth-order valence-corrected chi connectivity index (χ4v) is 2.76. The maximum absolute atomic E-state index is 12.3. The largest absolute Gasteiger partial charge is 0.396 e. The molecule has 5 heteroatoms. The van der Waals surface area contributed by atoms with E-state index < -0.39 is 0 Å². The summed E-state index contributed by atoms with van der Waals surface area (Å²) in [6.45, 7) is 0.0973. The standard InChI is InChI=1S/C14H18ClNO2S/c1-19-10-4-5-12(15)11(8-10)14(18)16-13(6-7-17)9-2-3-9/h4-5,8-9,13,17H,2-3,6-7H2,1H3,(H,16,18). The molecule has 0 radical (unpaired) electrons. The normalized spacial score (nSPS) is 16.2. The van der Waals surface area contributed by atoms with Crippen molar-refractivity contribution in [2.45, 2.75) is 30.2 Å². The molecule has 104 valence electrons. The lowest BCUT2D eigenvalue weighted by Crippen LogP contribution is -2.37. The Kier molecular flexibility index (Phi) is 5.13. The molecule has 1 amide bonds. The molecule has 1 aromatic rings. The molecule has 3 nitrogen and oxygen atoms in total. The predicted molar refractivity (Wildman–Crippen MR) is 78.9 cm³/mol. The summed E-state index contributed by atoms with van der Waals surface area (Å²) in [7, 11) is 0.